The van der Waals surface area contributed by atoms with Gasteiger partial charge in [-0.25, -0.2) is 0 Å². The molecule has 1 atom stereocenters. The smallest absolute Gasteiger partial charge is 0.211 e. The van der Waals surface area contributed by atoms with Crippen molar-refractivity contribution in [2.24, 2.45) is 0 Å². The first-order chi connectivity index (χ1) is 10.5. The second kappa shape index (κ2) is 6.99. The van der Waals surface area contributed by atoms with E-state index in [0.717, 1.165) is 22.6 Å². The minimum Gasteiger partial charge on any atom is -0.497 e. The van der Waals surface area contributed by atoms with Crippen LogP contribution in [0.5, 0.6) is 11.5 Å². The number of benzene rings is 2. The summed E-state index contributed by atoms with van der Waals surface area (Å²) in [5.41, 5.74) is 1.53. The van der Waals surface area contributed by atoms with Gasteiger partial charge in [-0.05, 0) is 35.4 Å². The largest absolute Gasteiger partial charge is 0.497 e. The van der Waals surface area contributed by atoms with Crippen molar-refractivity contribution in [1.82, 2.24) is 0 Å². The van der Waals surface area contributed by atoms with Gasteiger partial charge in [-0.1, -0.05) is 24.3 Å². The molecule has 22 heavy (non-hydrogen) atoms. The molecule has 0 fully saturated rings. The maximum atomic E-state index is 12.9. The molecule has 0 aliphatic rings. The lowest BCUT2D eigenvalue weighted by molar-refractivity contribution is 0.392. The highest BCUT2D eigenvalue weighted by Gasteiger charge is 2.31. The van der Waals surface area contributed by atoms with Crippen molar-refractivity contribution < 1.29 is 18.6 Å². The quantitative estimate of drug-likeness (QED) is 0.742. The van der Waals surface area contributed by atoms with Crippen LogP contribution in [-0.2, 0) is 9.09 Å². The van der Waals surface area contributed by atoms with Crippen molar-refractivity contribution in [1.29, 1.82) is 0 Å². The number of rotatable bonds is 6. The van der Waals surface area contributed by atoms with Crippen molar-refractivity contribution in [3.63, 3.8) is 0 Å². The summed E-state index contributed by atoms with van der Waals surface area (Å²) < 4.78 is 28.6. The molecule has 1 unspecified atom stereocenters. The zero-order chi connectivity index (χ0) is 16.2. The van der Waals surface area contributed by atoms with E-state index in [-0.39, 0.29) is 5.66 Å². The summed E-state index contributed by atoms with van der Waals surface area (Å²) in [4.78, 5) is 0. The molecule has 2 aromatic carbocycles. The first-order valence-corrected chi connectivity index (χ1v) is 9.06. The highest BCUT2D eigenvalue weighted by molar-refractivity contribution is 7.58. The normalized spacial score (nSPS) is 13.7. The van der Waals surface area contributed by atoms with Crippen LogP contribution < -0.4 is 9.47 Å². The standard InChI is InChI=1S/C17H21O4P/c1-19-15-9-5-13(6-10-15)17(22(4,18)21-3)14-7-11-16(20-2)12-8-14/h5-12,17H,1-4H3. The average molecular weight is 320 g/mol. The molecule has 0 spiro atoms. The maximum Gasteiger partial charge on any atom is 0.211 e. The third-order valence-corrected chi connectivity index (χ3v) is 5.95. The van der Waals surface area contributed by atoms with Crippen molar-refractivity contribution in [2.75, 3.05) is 28.0 Å². The van der Waals surface area contributed by atoms with E-state index in [1.165, 1.54) is 7.11 Å². The fourth-order valence-corrected chi connectivity index (χ4v) is 4.05. The lowest BCUT2D eigenvalue weighted by Gasteiger charge is -2.24. The van der Waals surface area contributed by atoms with Crippen LogP contribution in [-0.4, -0.2) is 28.0 Å². The van der Waals surface area contributed by atoms with E-state index in [0.29, 0.717) is 0 Å². The molecule has 5 heteroatoms. The SMILES string of the molecule is COc1ccc(C(c2ccc(OC)cc2)P(C)(=O)OC)cc1. The molecule has 0 aliphatic carbocycles. The van der Waals surface area contributed by atoms with E-state index >= 15 is 0 Å². The highest BCUT2D eigenvalue weighted by atomic mass is 31.2. The number of hydrogen-bond donors (Lipinski definition) is 0. The number of ether oxygens (including phenoxy) is 2. The van der Waals surface area contributed by atoms with Crippen LogP contribution >= 0.6 is 7.37 Å². The minimum atomic E-state index is -2.86. The molecule has 0 heterocycles. The third kappa shape index (κ3) is 3.52. The van der Waals surface area contributed by atoms with E-state index in [2.05, 4.69) is 0 Å². The second-order valence-corrected chi connectivity index (χ2v) is 7.74. The van der Waals surface area contributed by atoms with Gasteiger partial charge in [-0.15, -0.1) is 0 Å². The lowest BCUT2D eigenvalue weighted by Crippen LogP contribution is -2.03. The van der Waals surface area contributed by atoms with Gasteiger partial charge in [0, 0.05) is 13.8 Å². The Morgan fingerprint density at radius 3 is 1.41 bits per heavy atom. The Morgan fingerprint density at radius 2 is 1.14 bits per heavy atom. The van der Waals surface area contributed by atoms with Crippen molar-refractivity contribution in [3.05, 3.63) is 59.7 Å². The predicted octanol–water partition coefficient (Wildman–Crippen LogP) is 4.35. The van der Waals surface area contributed by atoms with Gasteiger partial charge in [0.05, 0.1) is 19.9 Å². The lowest BCUT2D eigenvalue weighted by atomic mass is 10.0. The fraction of sp³-hybridized carbons (Fsp3) is 0.294. The van der Waals surface area contributed by atoms with E-state index in [9.17, 15) is 4.57 Å². The van der Waals surface area contributed by atoms with Crippen LogP contribution in [0.2, 0.25) is 0 Å². The van der Waals surface area contributed by atoms with E-state index < -0.39 is 7.37 Å². The van der Waals surface area contributed by atoms with Gasteiger partial charge < -0.3 is 14.0 Å². The van der Waals surface area contributed by atoms with Crippen LogP contribution in [0.25, 0.3) is 0 Å². The summed E-state index contributed by atoms with van der Waals surface area (Å²) in [5, 5.41) is 0. The van der Waals surface area contributed by atoms with Gasteiger partial charge in [-0.2, -0.15) is 0 Å². The van der Waals surface area contributed by atoms with Gasteiger partial charge >= 0.3 is 0 Å². The molecular formula is C17H21O4P. The summed E-state index contributed by atoms with van der Waals surface area (Å²) in [5.74, 6) is 1.53. The van der Waals surface area contributed by atoms with Gasteiger partial charge in [0.15, 0.2) is 0 Å². The van der Waals surface area contributed by atoms with Gasteiger partial charge in [0.25, 0.3) is 0 Å². The van der Waals surface area contributed by atoms with Crippen molar-refractivity contribution in [3.8, 4) is 11.5 Å². The minimum absolute atomic E-state index is 0.325. The Morgan fingerprint density at radius 1 is 0.773 bits per heavy atom. The Labute approximate surface area is 131 Å². The highest BCUT2D eigenvalue weighted by Crippen LogP contribution is 2.59. The van der Waals surface area contributed by atoms with Gasteiger partial charge in [0.1, 0.15) is 11.5 Å². The Hall–Kier alpha value is -1.77. The maximum absolute atomic E-state index is 12.9. The molecule has 118 valence electrons. The zero-order valence-corrected chi connectivity index (χ0v) is 14.2. The molecule has 2 aromatic rings. The van der Waals surface area contributed by atoms with Gasteiger partial charge in [0.2, 0.25) is 7.37 Å². The molecular weight excluding hydrogens is 299 g/mol. The molecule has 0 radical (unpaired) electrons. The molecule has 0 N–H and O–H groups in total. The van der Waals surface area contributed by atoms with Gasteiger partial charge in [-0.3, -0.25) is 4.57 Å². The molecule has 0 saturated carbocycles. The Balaban J connectivity index is 2.47. The summed E-state index contributed by atoms with van der Waals surface area (Å²) >= 11 is 0. The van der Waals surface area contributed by atoms with Crippen LogP contribution in [0.1, 0.15) is 16.8 Å². The number of hydrogen-bond acceptors (Lipinski definition) is 4. The van der Waals surface area contributed by atoms with Crippen molar-refractivity contribution >= 4 is 7.37 Å². The van der Waals surface area contributed by atoms with Crippen LogP contribution in [0.4, 0.5) is 0 Å². The fourth-order valence-electron chi connectivity index (χ4n) is 2.41. The summed E-state index contributed by atoms with van der Waals surface area (Å²) in [6.07, 6.45) is 0. The van der Waals surface area contributed by atoms with Crippen LogP contribution in [0, 0.1) is 0 Å². The molecule has 4 nitrogen and oxygen atoms in total. The molecule has 0 amide bonds. The van der Waals surface area contributed by atoms with E-state index in [1.54, 1.807) is 20.9 Å². The Kier molecular flexibility index (Phi) is 5.28. The zero-order valence-electron chi connectivity index (χ0n) is 13.3. The van der Waals surface area contributed by atoms with E-state index in [1.807, 2.05) is 48.5 Å². The first kappa shape index (κ1) is 16.6. The second-order valence-electron chi connectivity index (χ2n) is 5.04. The first-order valence-electron chi connectivity index (χ1n) is 6.92. The summed E-state index contributed by atoms with van der Waals surface area (Å²) in [6.45, 7) is 1.66. The molecule has 0 aromatic heterocycles. The molecule has 2 rings (SSSR count). The monoisotopic (exact) mass is 320 g/mol. The summed E-state index contributed by atoms with van der Waals surface area (Å²) in [6, 6.07) is 15.1. The van der Waals surface area contributed by atoms with Crippen molar-refractivity contribution in [2.45, 2.75) is 5.66 Å². The van der Waals surface area contributed by atoms with Crippen LogP contribution in [0.15, 0.2) is 48.5 Å². The topological polar surface area (TPSA) is 44.8 Å². The van der Waals surface area contributed by atoms with E-state index in [4.69, 9.17) is 14.0 Å². The molecule has 0 aliphatic heterocycles. The molecule has 0 saturated heterocycles. The Bertz CT molecular complexity index is 602. The average Bonchev–Trinajstić information content (AvgIpc) is 2.56. The summed E-state index contributed by atoms with van der Waals surface area (Å²) in [7, 11) is 1.87. The predicted molar refractivity (Wildman–Crippen MR) is 88.4 cm³/mol. The van der Waals surface area contributed by atoms with Crippen LogP contribution in [0.3, 0.4) is 0 Å². The molecule has 0 bridgehead atoms. The number of methoxy groups -OCH3 is 2. The third-order valence-electron chi connectivity index (χ3n) is 3.69.